The molecule has 1 aliphatic rings. The lowest BCUT2D eigenvalue weighted by molar-refractivity contribution is 0.263. The Hall–Kier alpha value is -2.67. The van der Waals surface area contributed by atoms with Gasteiger partial charge in [0.15, 0.2) is 5.96 Å². The van der Waals surface area contributed by atoms with E-state index in [-0.39, 0.29) is 6.04 Å². The van der Waals surface area contributed by atoms with Crippen molar-refractivity contribution in [3.05, 3.63) is 48.4 Å². The van der Waals surface area contributed by atoms with Crippen molar-refractivity contribution in [2.45, 2.75) is 13.0 Å². The largest absolute Gasteiger partial charge is 0.506 e. The number of phenols is 1. The molecule has 1 fully saturated rings. The summed E-state index contributed by atoms with van der Waals surface area (Å²) in [4.78, 5) is 11.5. The van der Waals surface area contributed by atoms with Crippen LogP contribution in [-0.2, 0) is 0 Å². The van der Waals surface area contributed by atoms with E-state index in [4.69, 9.17) is 9.41 Å². The molecule has 1 unspecified atom stereocenters. The molecule has 2 aromatic rings. The number of hydrogen-bond acceptors (Lipinski definition) is 5. The lowest BCUT2D eigenvalue weighted by atomic mass is 10.2. The molecule has 0 radical (unpaired) electrons. The van der Waals surface area contributed by atoms with Gasteiger partial charge in [0.1, 0.15) is 11.5 Å². The van der Waals surface area contributed by atoms with Crippen LogP contribution < -0.4 is 10.2 Å². The first-order valence-electron chi connectivity index (χ1n) is 9.86. The molecule has 28 heavy (non-hydrogen) atoms. The molecule has 1 atom stereocenters. The van der Waals surface area contributed by atoms with Gasteiger partial charge in [-0.25, -0.2) is 0 Å². The van der Waals surface area contributed by atoms with Gasteiger partial charge >= 0.3 is 0 Å². The van der Waals surface area contributed by atoms with Crippen LogP contribution in [0.2, 0.25) is 0 Å². The number of rotatable bonds is 6. The number of aromatic hydroxyl groups is 1. The van der Waals surface area contributed by atoms with Crippen LogP contribution in [0.15, 0.2) is 52.1 Å². The summed E-state index contributed by atoms with van der Waals surface area (Å²) in [6.07, 6.45) is 1.71. The molecule has 7 heteroatoms. The summed E-state index contributed by atoms with van der Waals surface area (Å²) in [5.41, 5.74) is 0.898. The van der Waals surface area contributed by atoms with Gasteiger partial charge in [-0.15, -0.1) is 0 Å². The van der Waals surface area contributed by atoms with Crippen LogP contribution in [0.25, 0.3) is 0 Å². The van der Waals surface area contributed by atoms with Crippen molar-refractivity contribution < 1.29 is 9.52 Å². The van der Waals surface area contributed by atoms with E-state index in [1.54, 1.807) is 12.3 Å². The van der Waals surface area contributed by atoms with Gasteiger partial charge in [0.25, 0.3) is 0 Å². The van der Waals surface area contributed by atoms with Crippen LogP contribution in [0, 0.1) is 0 Å². The number of nitrogens with one attached hydrogen (secondary N) is 1. The third-order valence-electron chi connectivity index (χ3n) is 5.05. The predicted molar refractivity (Wildman–Crippen MR) is 113 cm³/mol. The molecule has 3 rings (SSSR count). The van der Waals surface area contributed by atoms with Crippen LogP contribution in [0.5, 0.6) is 5.75 Å². The highest BCUT2D eigenvalue weighted by atomic mass is 16.3. The fourth-order valence-corrected chi connectivity index (χ4v) is 3.48. The van der Waals surface area contributed by atoms with E-state index in [2.05, 4.69) is 26.9 Å². The van der Waals surface area contributed by atoms with Gasteiger partial charge in [-0.2, -0.15) is 0 Å². The molecule has 0 bridgehead atoms. The van der Waals surface area contributed by atoms with Crippen LogP contribution in [0.1, 0.15) is 18.7 Å². The number of anilines is 1. The van der Waals surface area contributed by atoms with E-state index in [1.165, 1.54) is 0 Å². The summed E-state index contributed by atoms with van der Waals surface area (Å²) in [5, 5.41) is 13.5. The average Bonchev–Trinajstić information content (AvgIpc) is 3.22. The minimum absolute atomic E-state index is 0.103. The second-order valence-electron chi connectivity index (χ2n) is 7.15. The van der Waals surface area contributed by atoms with Crippen molar-refractivity contribution in [2.24, 2.45) is 4.99 Å². The molecule has 7 nitrogen and oxygen atoms in total. The maximum atomic E-state index is 10.1. The smallest absolute Gasteiger partial charge is 0.194 e. The van der Waals surface area contributed by atoms with Gasteiger partial charge in [0.05, 0.1) is 24.5 Å². The molecular weight excluding hydrogens is 354 g/mol. The molecule has 1 aliphatic heterocycles. The second kappa shape index (κ2) is 9.50. The minimum atomic E-state index is 0.103. The summed E-state index contributed by atoms with van der Waals surface area (Å²) in [7, 11) is 4.08. The quantitative estimate of drug-likeness (QED) is 0.588. The van der Waals surface area contributed by atoms with Crippen molar-refractivity contribution in [1.82, 2.24) is 15.1 Å². The van der Waals surface area contributed by atoms with Crippen LogP contribution >= 0.6 is 0 Å². The van der Waals surface area contributed by atoms with E-state index in [0.29, 0.717) is 12.3 Å². The lowest BCUT2D eigenvalue weighted by Crippen LogP contribution is -2.52. The summed E-state index contributed by atoms with van der Waals surface area (Å²) < 4.78 is 5.59. The Morgan fingerprint density at radius 2 is 1.93 bits per heavy atom. The van der Waals surface area contributed by atoms with E-state index >= 15 is 0 Å². The number of hydrogen-bond donors (Lipinski definition) is 2. The Kier molecular flexibility index (Phi) is 6.81. The molecule has 1 aromatic carbocycles. The number of para-hydroxylation sites is 2. The van der Waals surface area contributed by atoms with E-state index < -0.39 is 0 Å². The van der Waals surface area contributed by atoms with Gasteiger partial charge < -0.3 is 24.6 Å². The van der Waals surface area contributed by atoms with Crippen molar-refractivity contribution in [3.8, 4) is 5.75 Å². The van der Waals surface area contributed by atoms with Gasteiger partial charge in [0, 0.05) is 32.7 Å². The predicted octanol–water partition coefficient (Wildman–Crippen LogP) is 2.38. The van der Waals surface area contributed by atoms with Gasteiger partial charge in [-0.1, -0.05) is 12.1 Å². The summed E-state index contributed by atoms with van der Waals surface area (Å²) in [6, 6.07) is 11.5. The summed E-state index contributed by atoms with van der Waals surface area (Å²) in [5.74, 6) is 2.19. The van der Waals surface area contributed by atoms with E-state index in [0.717, 1.165) is 50.1 Å². The zero-order valence-electron chi connectivity index (χ0n) is 17.0. The number of benzene rings is 1. The van der Waals surface area contributed by atoms with Gasteiger partial charge in [-0.3, -0.25) is 9.89 Å². The van der Waals surface area contributed by atoms with Crippen LogP contribution in [0.3, 0.4) is 0 Å². The Labute approximate surface area is 167 Å². The average molecular weight is 386 g/mol. The number of phenolic OH excluding ortho intramolecular Hbond substituents is 1. The van der Waals surface area contributed by atoms with E-state index in [9.17, 15) is 5.11 Å². The molecule has 2 N–H and O–H groups in total. The monoisotopic (exact) mass is 385 g/mol. The van der Waals surface area contributed by atoms with Crippen molar-refractivity contribution in [3.63, 3.8) is 0 Å². The highest BCUT2D eigenvalue weighted by molar-refractivity contribution is 5.80. The third-order valence-corrected chi connectivity index (χ3v) is 5.05. The normalized spacial score (nSPS) is 16.5. The SMILES string of the molecule is CCNC(=NCC(c1ccco1)N(C)C)N1CCN(c2ccccc2O)CC1. The molecule has 0 spiro atoms. The van der Waals surface area contributed by atoms with Crippen LogP contribution in [0.4, 0.5) is 5.69 Å². The topological polar surface area (TPSA) is 67.5 Å². The molecule has 0 amide bonds. The summed E-state index contributed by atoms with van der Waals surface area (Å²) >= 11 is 0. The van der Waals surface area contributed by atoms with E-state index in [1.807, 2.05) is 44.4 Å². The molecular formula is C21H31N5O2. The fraction of sp³-hybridized carbons (Fsp3) is 0.476. The minimum Gasteiger partial charge on any atom is -0.506 e. The Morgan fingerprint density at radius 1 is 1.18 bits per heavy atom. The zero-order valence-corrected chi connectivity index (χ0v) is 17.0. The van der Waals surface area contributed by atoms with Gasteiger partial charge in [-0.05, 0) is 45.3 Å². The molecule has 1 aromatic heterocycles. The van der Waals surface area contributed by atoms with Crippen molar-refractivity contribution in [2.75, 3.05) is 58.3 Å². The highest BCUT2D eigenvalue weighted by Crippen LogP contribution is 2.27. The Balaban J connectivity index is 1.66. The third kappa shape index (κ3) is 4.78. The molecule has 0 aliphatic carbocycles. The van der Waals surface area contributed by atoms with Crippen molar-refractivity contribution >= 4 is 11.6 Å². The summed E-state index contributed by atoms with van der Waals surface area (Å²) in [6.45, 7) is 6.94. The molecule has 2 heterocycles. The maximum Gasteiger partial charge on any atom is 0.194 e. The first-order chi connectivity index (χ1) is 13.6. The highest BCUT2D eigenvalue weighted by Gasteiger charge is 2.22. The first-order valence-corrected chi connectivity index (χ1v) is 9.86. The maximum absolute atomic E-state index is 10.1. The number of aliphatic imine (C=N–C) groups is 1. The zero-order chi connectivity index (χ0) is 19.9. The Bertz CT molecular complexity index is 752. The second-order valence-corrected chi connectivity index (χ2v) is 7.15. The number of furan rings is 1. The molecule has 0 saturated carbocycles. The Morgan fingerprint density at radius 3 is 2.54 bits per heavy atom. The standard InChI is InChI=1S/C21H31N5O2/c1-4-22-21(23-16-18(24(2)3)20-10-7-15-28-20)26-13-11-25(12-14-26)17-8-5-6-9-19(17)27/h5-10,15,18,27H,4,11-14,16H2,1-3H3,(H,22,23). The number of piperazine rings is 1. The first kappa shape index (κ1) is 20.1. The molecule has 152 valence electrons. The fourth-order valence-electron chi connectivity index (χ4n) is 3.48. The number of likely N-dealkylation sites (N-methyl/N-ethyl adjacent to an activating group) is 1. The van der Waals surface area contributed by atoms with Crippen LogP contribution in [-0.4, -0.2) is 74.2 Å². The lowest BCUT2D eigenvalue weighted by Gasteiger charge is -2.38. The number of guanidine groups is 1. The number of nitrogens with zero attached hydrogens (tertiary/aromatic N) is 4. The van der Waals surface area contributed by atoms with Crippen molar-refractivity contribution in [1.29, 1.82) is 0 Å². The molecule has 1 saturated heterocycles. The van der Waals surface area contributed by atoms with Gasteiger partial charge in [0.2, 0.25) is 0 Å².